The summed E-state index contributed by atoms with van der Waals surface area (Å²) in [6.07, 6.45) is 6.56. The minimum Gasteiger partial charge on any atom is -0.481 e. The van der Waals surface area contributed by atoms with E-state index in [2.05, 4.69) is 10.4 Å². The van der Waals surface area contributed by atoms with Crippen molar-refractivity contribution in [1.82, 2.24) is 15.1 Å². The minimum absolute atomic E-state index is 0.0404. The van der Waals surface area contributed by atoms with Crippen molar-refractivity contribution in [2.24, 2.45) is 5.92 Å². The van der Waals surface area contributed by atoms with Crippen LogP contribution in [0.5, 0.6) is 0 Å². The second-order valence-electron chi connectivity index (χ2n) is 6.26. The maximum atomic E-state index is 12.2. The summed E-state index contributed by atoms with van der Waals surface area (Å²) in [5, 5.41) is 16.3. The van der Waals surface area contributed by atoms with Crippen LogP contribution >= 0.6 is 0 Å². The first-order valence-corrected chi connectivity index (χ1v) is 8.23. The summed E-state index contributed by atoms with van der Waals surface area (Å²) in [7, 11) is 0. The Kier molecular flexibility index (Phi) is 4.93. The van der Waals surface area contributed by atoms with E-state index in [4.69, 9.17) is 5.11 Å². The van der Waals surface area contributed by atoms with E-state index in [1.165, 1.54) is 0 Å². The van der Waals surface area contributed by atoms with Crippen molar-refractivity contribution in [3.05, 3.63) is 48.3 Å². The van der Waals surface area contributed by atoms with E-state index in [-0.39, 0.29) is 24.3 Å². The molecular formula is C18H21N3O3. The van der Waals surface area contributed by atoms with Gasteiger partial charge in [-0.05, 0) is 43.4 Å². The molecule has 1 aliphatic rings. The zero-order valence-corrected chi connectivity index (χ0v) is 13.4. The van der Waals surface area contributed by atoms with Gasteiger partial charge in [-0.2, -0.15) is 5.10 Å². The second kappa shape index (κ2) is 7.29. The van der Waals surface area contributed by atoms with Crippen molar-refractivity contribution in [3.8, 4) is 5.69 Å². The number of hydrogen-bond donors (Lipinski definition) is 2. The molecule has 1 fully saturated rings. The summed E-state index contributed by atoms with van der Waals surface area (Å²) in [4.78, 5) is 23.1. The number of benzene rings is 1. The third kappa shape index (κ3) is 4.01. The highest BCUT2D eigenvalue weighted by Crippen LogP contribution is 2.24. The molecule has 126 valence electrons. The molecule has 1 aliphatic carbocycles. The lowest BCUT2D eigenvalue weighted by Crippen LogP contribution is -2.39. The van der Waals surface area contributed by atoms with Crippen molar-refractivity contribution in [2.45, 2.75) is 38.1 Å². The summed E-state index contributed by atoms with van der Waals surface area (Å²) < 4.78 is 1.75. The Morgan fingerprint density at radius 1 is 1.17 bits per heavy atom. The molecule has 1 saturated carbocycles. The van der Waals surface area contributed by atoms with Gasteiger partial charge in [-0.1, -0.05) is 18.2 Å². The van der Waals surface area contributed by atoms with Gasteiger partial charge in [0, 0.05) is 12.2 Å². The molecule has 0 atom stereocenters. The van der Waals surface area contributed by atoms with Gasteiger partial charge in [-0.25, -0.2) is 4.68 Å². The van der Waals surface area contributed by atoms with Crippen LogP contribution in [0.4, 0.5) is 0 Å². The van der Waals surface area contributed by atoms with Gasteiger partial charge >= 0.3 is 5.97 Å². The van der Waals surface area contributed by atoms with E-state index in [1.54, 1.807) is 10.9 Å². The van der Waals surface area contributed by atoms with E-state index in [0.717, 1.165) is 24.1 Å². The van der Waals surface area contributed by atoms with Crippen LogP contribution in [0.3, 0.4) is 0 Å². The van der Waals surface area contributed by atoms with E-state index in [0.29, 0.717) is 12.8 Å². The molecule has 6 nitrogen and oxygen atoms in total. The van der Waals surface area contributed by atoms with Crippen LogP contribution in [0.2, 0.25) is 0 Å². The number of aromatic nitrogens is 2. The van der Waals surface area contributed by atoms with Gasteiger partial charge in [-0.15, -0.1) is 0 Å². The number of carboxylic acid groups (broad SMARTS) is 1. The number of carbonyl (C=O) groups is 2. The summed E-state index contributed by atoms with van der Waals surface area (Å²) >= 11 is 0. The van der Waals surface area contributed by atoms with Gasteiger partial charge < -0.3 is 10.4 Å². The molecule has 24 heavy (non-hydrogen) atoms. The van der Waals surface area contributed by atoms with Crippen LogP contribution in [0.25, 0.3) is 5.69 Å². The molecule has 6 heteroatoms. The Balaban J connectivity index is 1.51. The predicted molar refractivity (Wildman–Crippen MR) is 88.8 cm³/mol. The van der Waals surface area contributed by atoms with Crippen molar-refractivity contribution in [2.75, 3.05) is 0 Å². The maximum absolute atomic E-state index is 12.2. The van der Waals surface area contributed by atoms with Crippen LogP contribution in [0, 0.1) is 5.92 Å². The Morgan fingerprint density at radius 3 is 2.54 bits per heavy atom. The SMILES string of the molecule is O=C(Cc1cnn(-c2ccccc2)c1)NC1CCC(C(=O)O)CC1. The molecule has 0 unspecified atom stereocenters. The summed E-state index contributed by atoms with van der Waals surface area (Å²) in [5.74, 6) is -1.03. The maximum Gasteiger partial charge on any atom is 0.306 e. The predicted octanol–water partition coefficient (Wildman–Crippen LogP) is 2.17. The lowest BCUT2D eigenvalue weighted by Gasteiger charge is -2.26. The monoisotopic (exact) mass is 327 g/mol. The second-order valence-corrected chi connectivity index (χ2v) is 6.26. The van der Waals surface area contributed by atoms with Gasteiger partial charge in [0.1, 0.15) is 0 Å². The topological polar surface area (TPSA) is 84.2 Å². The highest BCUT2D eigenvalue weighted by molar-refractivity contribution is 5.78. The molecule has 1 aromatic carbocycles. The molecular weight excluding hydrogens is 306 g/mol. The highest BCUT2D eigenvalue weighted by Gasteiger charge is 2.26. The molecule has 3 rings (SSSR count). The Morgan fingerprint density at radius 2 is 1.88 bits per heavy atom. The van der Waals surface area contributed by atoms with Crippen LogP contribution in [0.1, 0.15) is 31.2 Å². The summed E-state index contributed by atoms with van der Waals surface area (Å²) in [5.41, 5.74) is 1.81. The van der Waals surface area contributed by atoms with Gasteiger partial charge in [0.2, 0.25) is 5.91 Å². The van der Waals surface area contributed by atoms with Crippen LogP contribution in [-0.4, -0.2) is 32.8 Å². The third-order valence-electron chi connectivity index (χ3n) is 4.46. The molecule has 0 bridgehead atoms. The molecule has 2 aromatic rings. The summed E-state index contributed by atoms with van der Waals surface area (Å²) in [6.45, 7) is 0. The average Bonchev–Trinajstić information content (AvgIpc) is 3.04. The fraction of sp³-hybridized carbons (Fsp3) is 0.389. The standard InChI is InChI=1S/C18H21N3O3/c22-17(20-15-8-6-14(7-9-15)18(23)24)10-13-11-19-21(12-13)16-4-2-1-3-5-16/h1-5,11-12,14-15H,6-10H2,(H,20,22)(H,23,24). The average molecular weight is 327 g/mol. The molecule has 1 aromatic heterocycles. The van der Waals surface area contributed by atoms with Crippen molar-refractivity contribution >= 4 is 11.9 Å². The number of amides is 1. The first-order chi connectivity index (χ1) is 11.6. The molecule has 0 spiro atoms. The van der Waals surface area contributed by atoms with Crippen LogP contribution < -0.4 is 5.32 Å². The molecule has 1 heterocycles. The van der Waals surface area contributed by atoms with Gasteiger partial charge in [0.05, 0.1) is 24.2 Å². The smallest absolute Gasteiger partial charge is 0.306 e. The van der Waals surface area contributed by atoms with E-state index in [1.807, 2.05) is 36.5 Å². The number of hydrogen-bond acceptors (Lipinski definition) is 3. The number of carboxylic acids is 1. The highest BCUT2D eigenvalue weighted by atomic mass is 16.4. The van der Waals surface area contributed by atoms with Gasteiger partial charge in [-0.3, -0.25) is 9.59 Å². The molecule has 0 radical (unpaired) electrons. The fourth-order valence-electron chi connectivity index (χ4n) is 3.12. The first-order valence-electron chi connectivity index (χ1n) is 8.23. The molecule has 1 amide bonds. The molecule has 0 saturated heterocycles. The number of carbonyl (C=O) groups excluding carboxylic acids is 1. The zero-order valence-electron chi connectivity index (χ0n) is 13.4. The van der Waals surface area contributed by atoms with Crippen molar-refractivity contribution < 1.29 is 14.7 Å². The zero-order chi connectivity index (χ0) is 16.9. The van der Waals surface area contributed by atoms with E-state index >= 15 is 0 Å². The number of nitrogens with one attached hydrogen (secondary N) is 1. The first kappa shape index (κ1) is 16.2. The summed E-state index contributed by atoms with van der Waals surface area (Å²) in [6, 6.07) is 9.82. The molecule has 0 aliphatic heterocycles. The lowest BCUT2D eigenvalue weighted by atomic mass is 9.86. The van der Waals surface area contributed by atoms with Crippen molar-refractivity contribution in [3.63, 3.8) is 0 Å². The normalized spacial score (nSPS) is 20.5. The van der Waals surface area contributed by atoms with Crippen molar-refractivity contribution in [1.29, 1.82) is 0 Å². The molecule has 2 N–H and O–H groups in total. The van der Waals surface area contributed by atoms with Crippen LogP contribution in [0.15, 0.2) is 42.7 Å². The lowest BCUT2D eigenvalue weighted by molar-refractivity contribution is -0.142. The van der Waals surface area contributed by atoms with Crippen LogP contribution in [-0.2, 0) is 16.0 Å². The quantitative estimate of drug-likeness (QED) is 0.881. The minimum atomic E-state index is -0.729. The Hall–Kier alpha value is -2.63. The number of aliphatic carboxylic acids is 1. The Bertz CT molecular complexity index is 703. The van der Waals surface area contributed by atoms with E-state index < -0.39 is 5.97 Å². The third-order valence-corrected chi connectivity index (χ3v) is 4.46. The van der Waals surface area contributed by atoms with E-state index in [9.17, 15) is 9.59 Å². The van der Waals surface area contributed by atoms with Gasteiger partial charge in [0.25, 0.3) is 0 Å². The van der Waals surface area contributed by atoms with Gasteiger partial charge in [0.15, 0.2) is 0 Å². The fourth-order valence-corrected chi connectivity index (χ4v) is 3.12. The largest absolute Gasteiger partial charge is 0.481 e. The number of rotatable bonds is 5. The number of nitrogens with zero attached hydrogens (tertiary/aromatic N) is 2. The number of para-hydroxylation sites is 1. The Labute approximate surface area is 140 Å².